The number of ether oxygens (including phenoxy) is 1. The zero-order valence-corrected chi connectivity index (χ0v) is 19.4. The maximum Gasteiger partial charge on any atom is 0.407 e. The van der Waals surface area contributed by atoms with Crippen molar-refractivity contribution in [2.45, 2.75) is 56.9 Å². The van der Waals surface area contributed by atoms with Crippen molar-refractivity contribution in [3.8, 4) is 0 Å². The Morgan fingerprint density at radius 2 is 1.97 bits per heavy atom. The van der Waals surface area contributed by atoms with Crippen LogP contribution in [0.5, 0.6) is 0 Å². The fraction of sp³-hybridized carbons (Fsp3) is 0.571. The monoisotopic (exact) mass is 452 g/mol. The molecular formula is C21H32N4O5S. The van der Waals surface area contributed by atoms with E-state index >= 15 is 0 Å². The van der Waals surface area contributed by atoms with E-state index < -0.39 is 28.1 Å². The quantitative estimate of drug-likeness (QED) is 0.657. The first kappa shape index (κ1) is 24.6. The van der Waals surface area contributed by atoms with Gasteiger partial charge in [-0.2, -0.15) is 8.42 Å². The molecule has 172 valence electrons. The van der Waals surface area contributed by atoms with Crippen LogP contribution in [0.2, 0.25) is 0 Å². The molecule has 1 aromatic carbocycles. The lowest BCUT2D eigenvalue weighted by atomic mass is 10.0. The highest BCUT2D eigenvalue weighted by molar-refractivity contribution is 7.90. The van der Waals surface area contributed by atoms with Crippen LogP contribution in [0.4, 0.5) is 10.5 Å². The fourth-order valence-electron chi connectivity index (χ4n) is 3.30. The summed E-state index contributed by atoms with van der Waals surface area (Å²) in [5.74, 6) is 0.238. The van der Waals surface area contributed by atoms with Gasteiger partial charge >= 0.3 is 6.09 Å². The number of amides is 2. The summed E-state index contributed by atoms with van der Waals surface area (Å²) in [6.07, 6.45) is 3.26. The lowest BCUT2D eigenvalue weighted by Crippen LogP contribution is -2.44. The summed E-state index contributed by atoms with van der Waals surface area (Å²) in [4.78, 5) is 26.1. The molecule has 1 fully saturated rings. The smallest absolute Gasteiger partial charge is 0.407 e. The number of carbonyl (C=O) groups is 2. The highest BCUT2D eigenvalue weighted by Crippen LogP contribution is 2.20. The van der Waals surface area contributed by atoms with E-state index in [1.165, 1.54) is 19.2 Å². The number of likely N-dealkylation sites (tertiary alicyclic amines) is 1. The Kier molecular flexibility index (Phi) is 8.85. The number of rotatable bonds is 7. The van der Waals surface area contributed by atoms with Crippen LogP contribution in [0.25, 0.3) is 0 Å². The summed E-state index contributed by atoms with van der Waals surface area (Å²) in [7, 11) is -0.854. The van der Waals surface area contributed by atoms with Gasteiger partial charge < -0.3 is 20.3 Å². The van der Waals surface area contributed by atoms with E-state index in [0.29, 0.717) is 24.4 Å². The summed E-state index contributed by atoms with van der Waals surface area (Å²) in [6.45, 7) is 4.63. The number of benzene rings is 1. The van der Waals surface area contributed by atoms with Gasteiger partial charge in [0.2, 0.25) is 5.91 Å². The van der Waals surface area contributed by atoms with Crippen LogP contribution in [0.3, 0.4) is 0 Å². The predicted molar refractivity (Wildman–Crippen MR) is 120 cm³/mol. The number of hydrogen-bond donors (Lipinski definition) is 2. The SMILES string of the molecule is COC(=O)NC(CC(C)C)C(=O)Nc1cccc(S(=O)(=O)/N=C2/CCCCCN2C)c1. The number of methoxy groups -OCH3 is 1. The molecule has 0 spiro atoms. The molecule has 0 aromatic heterocycles. The van der Waals surface area contributed by atoms with E-state index in [2.05, 4.69) is 19.8 Å². The van der Waals surface area contributed by atoms with Crippen LogP contribution in [0, 0.1) is 5.92 Å². The summed E-state index contributed by atoms with van der Waals surface area (Å²) >= 11 is 0. The Morgan fingerprint density at radius 3 is 2.65 bits per heavy atom. The average molecular weight is 453 g/mol. The van der Waals surface area contributed by atoms with E-state index in [1.807, 2.05) is 25.8 Å². The van der Waals surface area contributed by atoms with Gasteiger partial charge in [-0.25, -0.2) is 4.79 Å². The second kappa shape index (κ2) is 11.1. The molecule has 0 aliphatic carbocycles. The zero-order chi connectivity index (χ0) is 23.0. The third-order valence-corrected chi connectivity index (χ3v) is 6.26. The molecule has 2 N–H and O–H groups in total. The van der Waals surface area contributed by atoms with Gasteiger partial charge in [0.05, 0.1) is 12.0 Å². The predicted octanol–water partition coefficient (Wildman–Crippen LogP) is 2.99. The van der Waals surface area contributed by atoms with E-state index in [-0.39, 0.29) is 10.8 Å². The third-order valence-electron chi connectivity index (χ3n) is 4.96. The molecule has 2 rings (SSSR count). The molecule has 1 unspecified atom stereocenters. The van der Waals surface area contributed by atoms with Crippen LogP contribution in [-0.2, 0) is 19.6 Å². The molecule has 1 heterocycles. The number of anilines is 1. The van der Waals surface area contributed by atoms with E-state index in [1.54, 1.807) is 12.1 Å². The minimum absolute atomic E-state index is 0.00298. The lowest BCUT2D eigenvalue weighted by Gasteiger charge is -2.19. The Bertz CT molecular complexity index is 914. The summed E-state index contributed by atoms with van der Waals surface area (Å²) < 4.78 is 34.4. The molecule has 10 heteroatoms. The molecule has 1 saturated heterocycles. The van der Waals surface area contributed by atoms with Gasteiger partial charge in [-0.15, -0.1) is 4.40 Å². The van der Waals surface area contributed by atoms with Crippen molar-refractivity contribution in [3.05, 3.63) is 24.3 Å². The van der Waals surface area contributed by atoms with E-state index in [9.17, 15) is 18.0 Å². The van der Waals surface area contributed by atoms with Crippen molar-refractivity contribution >= 4 is 33.5 Å². The van der Waals surface area contributed by atoms with E-state index in [0.717, 1.165) is 25.8 Å². The highest BCUT2D eigenvalue weighted by atomic mass is 32.2. The van der Waals surface area contributed by atoms with Gasteiger partial charge in [0.25, 0.3) is 10.0 Å². The Labute approximate surface area is 184 Å². The topological polar surface area (TPSA) is 117 Å². The van der Waals surface area contributed by atoms with Crippen LogP contribution >= 0.6 is 0 Å². The van der Waals surface area contributed by atoms with Gasteiger partial charge in [-0.1, -0.05) is 26.3 Å². The molecule has 9 nitrogen and oxygen atoms in total. The first-order valence-electron chi connectivity index (χ1n) is 10.4. The largest absolute Gasteiger partial charge is 0.453 e. The second-order valence-corrected chi connectivity index (χ2v) is 9.65. The third kappa shape index (κ3) is 7.54. The second-order valence-electron chi connectivity index (χ2n) is 8.05. The maximum atomic E-state index is 12.9. The minimum Gasteiger partial charge on any atom is -0.453 e. The van der Waals surface area contributed by atoms with Gasteiger partial charge in [0.15, 0.2) is 0 Å². The van der Waals surface area contributed by atoms with Gasteiger partial charge in [0.1, 0.15) is 11.9 Å². The first-order valence-corrected chi connectivity index (χ1v) is 11.9. The van der Waals surface area contributed by atoms with Crippen molar-refractivity contribution in [1.82, 2.24) is 10.2 Å². The summed E-state index contributed by atoms with van der Waals surface area (Å²) in [6, 6.07) is 5.15. The molecule has 31 heavy (non-hydrogen) atoms. The van der Waals surface area contributed by atoms with Crippen molar-refractivity contribution in [1.29, 1.82) is 0 Å². The van der Waals surface area contributed by atoms with Crippen molar-refractivity contribution in [3.63, 3.8) is 0 Å². The number of sulfonamides is 1. The summed E-state index contributed by atoms with van der Waals surface area (Å²) in [5, 5.41) is 5.19. The molecule has 1 aromatic rings. The normalized spacial score (nSPS) is 17.2. The number of alkyl carbamates (subject to hydrolysis) is 1. The van der Waals surface area contributed by atoms with Gasteiger partial charge in [-0.05, 0) is 43.4 Å². The highest BCUT2D eigenvalue weighted by Gasteiger charge is 2.23. The zero-order valence-electron chi connectivity index (χ0n) is 18.6. The molecule has 1 aliphatic rings. The number of amidine groups is 1. The number of nitrogens with one attached hydrogen (secondary N) is 2. The molecule has 0 saturated carbocycles. The fourth-order valence-corrected chi connectivity index (χ4v) is 4.44. The number of hydrogen-bond acceptors (Lipinski definition) is 5. The number of carbonyl (C=O) groups excluding carboxylic acids is 2. The standard InChI is InChI=1S/C21H32N4O5S/c1-15(2)13-18(23-21(27)30-4)20(26)22-16-9-8-10-17(14-16)31(28,29)24-19-11-6-5-7-12-25(19)3/h8-10,14-15,18H,5-7,11-13H2,1-4H3,(H,22,26)(H,23,27)/b24-19-. The molecule has 1 aliphatic heterocycles. The summed E-state index contributed by atoms with van der Waals surface area (Å²) in [5.41, 5.74) is 0.306. The molecule has 0 bridgehead atoms. The molecule has 0 radical (unpaired) electrons. The van der Waals surface area contributed by atoms with Gasteiger partial charge in [-0.3, -0.25) is 4.79 Å². The van der Waals surface area contributed by atoms with E-state index in [4.69, 9.17) is 0 Å². The molecule has 2 amide bonds. The van der Waals surface area contributed by atoms with Crippen LogP contribution < -0.4 is 10.6 Å². The van der Waals surface area contributed by atoms with Crippen LogP contribution in [-0.4, -0.2) is 57.9 Å². The Balaban J connectivity index is 2.21. The lowest BCUT2D eigenvalue weighted by molar-refractivity contribution is -0.118. The van der Waals surface area contributed by atoms with Crippen molar-refractivity contribution in [2.24, 2.45) is 10.3 Å². The first-order chi connectivity index (χ1) is 14.6. The average Bonchev–Trinajstić information content (AvgIpc) is 2.91. The van der Waals surface area contributed by atoms with Crippen molar-refractivity contribution in [2.75, 3.05) is 26.0 Å². The van der Waals surface area contributed by atoms with Crippen LogP contribution in [0.1, 0.15) is 46.0 Å². The van der Waals surface area contributed by atoms with Gasteiger partial charge in [0, 0.05) is 25.7 Å². The Hall–Kier alpha value is -2.62. The minimum atomic E-state index is -3.92. The molecular weight excluding hydrogens is 420 g/mol. The Morgan fingerprint density at radius 1 is 1.23 bits per heavy atom. The number of nitrogens with zero attached hydrogens (tertiary/aromatic N) is 2. The maximum absolute atomic E-state index is 12.9. The van der Waals surface area contributed by atoms with Crippen LogP contribution in [0.15, 0.2) is 33.6 Å². The molecule has 1 atom stereocenters. The van der Waals surface area contributed by atoms with Crippen molar-refractivity contribution < 1.29 is 22.7 Å².